The zero-order chi connectivity index (χ0) is 11.8. The van der Waals surface area contributed by atoms with Gasteiger partial charge >= 0.3 is 0 Å². The molecule has 0 aromatic carbocycles. The van der Waals surface area contributed by atoms with Crippen LogP contribution in [0, 0.1) is 5.41 Å². The van der Waals surface area contributed by atoms with E-state index in [-0.39, 0.29) is 16.9 Å². The average Bonchev–Trinajstić information content (AvgIpc) is 2.72. The number of rotatable bonds is 3. The van der Waals surface area contributed by atoms with Crippen LogP contribution < -0.4 is 5.73 Å². The van der Waals surface area contributed by atoms with E-state index in [1.165, 1.54) is 0 Å². The molecule has 2 rings (SSSR count). The third-order valence-corrected chi connectivity index (χ3v) is 4.99. The first-order valence-corrected chi connectivity index (χ1v) is 7.03. The Morgan fingerprint density at radius 3 is 2.81 bits per heavy atom. The molecule has 0 amide bonds. The molecule has 1 saturated heterocycles. The molecule has 0 radical (unpaired) electrons. The SMILES string of the molecule is Cn1cc(CC2(CN)CCS(=O)(=O)C2)nn1. The summed E-state index contributed by atoms with van der Waals surface area (Å²) in [6, 6.07) is 0. The van der Waals surface area contributed by atoms with Crippen molar-refractivity contribution in [3.63, 3.8) is 0 Å². The Bertz CT molecular complexity index is 481. The smallest absolute Gasteiger partial charge is 0.150 e. The minimum Gasteiger partial charge on any atom is -0.330 e. The van der Waals surface area contributed by atoms with Crippen LogP contribution in [-0.2, 0) is 23.3 Å². The summed E-state index contributed by atoms with van der Waals surface area (Å²) in [5, 5.41) is 7.82. The van der Waals surface area contributed by atoms with Gasteiger partial charge in [-0.3, -0.25) is 4.68 Å². The topological polar surface area (TPSA) is 90.9 Å². The van der Waals surface area contributed by atoms with Gasteiger partial charge in [-0.05, 0) is 13.0 Å². The van der Waals surface area contributed by atoms with Crippen molar-refractivity contribution in [2.24, 2.45) is 18.2 Å². The highest BCUT2D eigenvalue weighted by atomic mass is 32.2. The van der Waals surface area contributed by atoms with E-state index in [1.54, 1.807) is 11.7 Å². The fraction of sp³-hybridized carbons (Fsp3) is 0.778. The molecule has 1 unspecified atom stereocenters. The fourth-order valence-corrected chi connectivity index (χ4v) is 4.40. The van der Waals surface area contributed by atoms with Gasteiger partial charge in [0.25, 0.3) is 0 Å². The van der Waals surface area contributed by atoms with Crippen molar-refractivity contribution in [1.82, 2.24) is 15.0 Å². The molecule has 2 heterocycles. The van der Waals surface area contributed by atoms with E-state index in [0.717, 1.165) is 5.69 Å². The molecule has 6 nitrogen and oxygen atoms in total. The van der Waals surface area contributed by atoms with E-state index >= 15 is 0 Å². The number of sulfone groups is 1. The lowest BCUT2D eigenvalue weighted by atomic mass is 9.83. The molecule has 1 fully saturated rings. The van der Waals surface area contributed by atoms with Gasteiger partial charge in [0.2, 0.25) is 0 Å². The first kappa shape index (κ1) is 11.5. The van der Waals surface area contributed by atoms with Crippen LogP contribution in [0.1, 0.15) is 12.1 Å². The number of hydrogen-bond acceptors (Lipinski definition) is 5. The molecule has 16 heavy (non-hydrogen) atoms. The van der Waals surface area contributed by atoms with Crippen LogP contribution >= 0.6 is 0 Å². The van der Waals surface area contributed by atoms with E-state index in [4.69, 9.17) is 5.73 Å². The minimum absolute atomic E-state index is 0.174. The normalized spacial score (nSPS) is 28.4. The standard InChI is InChI=1S/C9H16N4O2S/c1-13-5-8(11-12-13)4-9(6-10)2-3-16(14,15)7-9/h5H,2-4,6-7,10H2,1H3. The third-order valence-electron chi connectivity index (χ3n) is 3.11. The number of nitrogens with zero attached hydrogens (tertiary/aromatic N) is 3. The summed E-state index contributed by atoms with van der Waals surface area (Å²) >= 11 is 0. The van der Waals surface area contributed by atoms with E-state index in [1.807, 2.05) is 6.20 Å². The molecule has 1 aliphatic heterocycles. The lowest BCUT2D eigenvalue weighted by Gasteiger charge is -2.24. The maximum Gasteiger partial charge on any atom is 0.150 e. The van der Waals surface area contributed by atoms with Gasteiger partial charge in [0.05, 0.1) is 17.2 Å². The Balaban J connectivity index is 2.18. The van der Waals surface area contributed by atoms with Gasteiger partial charge in [-0.1, -0.05) is 5.21 Å². The Morgan fingerprint density at radius 1 is 1.62 bits per heavy atom. The summed E-state index contributed by atoms with van der Waals surface area (Å²) in [5.74, 6) is 0.414. The zero-order valence-corrected chi connectivity index (χ0v) is 10.1. The van der Waals surface area contributed by atoms with Crippen LogP contribution in [-0.4, -0.2) is 41.5 Å². The first-order valence-electron chi connectivity index (χ1n) is 5.20. The minimum atomic E-state index is -2.91. The third kappa shape index (κ3) is 2.25. The Hall–Kier alpha value is -0.950. The average molecular weight is 244 g/mol. The van der Waals surface area contributed by atoms with Gasteiger partial charge in [-0.15, -0.1) is 5.10 Å². The van der Waals surface area contributed by atoms with Crippen LogP contribution in [0.15, 0.2) is 6.20 Å². The van der Waals surface area contributed by atoms with Crippen molar-refractivity contribution >= 4 is 9.84 Å². The van der Waals surface area contributed by atoms with Gasteiger partial charge in [-0.2, -0.15) is 0 Å². The van der Waals surface area contributed by atoms with Crippen molar-refractivity contribution in [2.45, 2.75) is 12.8 Å². The van der Waals surface area contributed by atoms with Crippen LogP contribution in [0.3, 0.4) is 0 Å². The highest BCUT2D eigenvalue weighted by Gasteiger charge is 2.41. The van der Waals surface area contributed by atoms with Gasteiger partial charge in [0, 0.05) is 25.1 Å². The summed E-state index contributed by atoms with van der Waals surface area (Å²) in [6.45, 7) is 0.378. The molecule has 2 N–H and O–H groups in total. The van der Waals surface area contributed by atoms with Crippen molar-refractivity contribution in [3.05, 3.63) is 11.9 Å². The molecule has 0 spiro atoms. The molecular formula is C9H16N4O2S. The van der Waals surface area contributed by atoms with E-state index in [9.17, 15) is 8.42 Å². The Labute approximate surface area is 94.7 Å². The summed E-state index contributed by atoms with van der Waals surface area (Å²) < 4.78 is 24.6. The summed E-state index contributed by atoms with van der Waals surface area (Å²) in [5.41, 5.74) is 6.20. The van der Waals surface area contributed by atoms with Gasteiger partial charge in [0.1, 0.15) is 0 Å². The van der Waals surface area contributed by atoms with Crippen molar-refractivity contribution in [2.75, 3.05) is 18.1 Å². The zero-order valence-electron chi connectivity index (χ0n) is 9.26. The van der Waals surface area contributed by atoms with Crippen molar-refractivity contribution in [3.8, 4) is 0 Å². The van der Waals surface area contributed by atoms with Gasteiger partial charge < -0.3 is 5.73 Å². The molecule has 1 aromatic rings. The predicted octanol–water partition coefficient (Wildman–Crippen LogP) is -0.879. The molecular weight excluding hydrogens is 228 g/mol. The van der Waals surface area contributed by atoms with Crippen LogP contribution in [0.2, 0.25) is 0 Å². The van der Waals surface area contributed by atoms with Crippen LogP contribution in [0.4, 0.5) is 0 Å². The second kappa shape index (κ2) is 3.81. The molecule has 0 saturated carbocycles. The summed E-state index contributed by atoms with van der Waals surface area (Å²) in [4.78, 5) is 0. The highest BCUT2D eigenvalue weighted by molar-refractivity contribution is 7.91. The second-order valence-corrected chi connectivity index (χ2v) is 6.79. The fourth-order valence-electron chi connectivity index (χ4n) is 2.22. The second-order valence-electron chi connectivity index (χ2n) is 4.61. The maximum atomic E-state index is 11.5. The molecule has 7 heteroatoms. The molecule has 1 aromatic heterocycles. The predicted molar refractivity (Wildman–Crippen MR) is 59.5 cm³/mol. The highest BCUT2D eigenvalue weighted by Crippen LogP contribution is 2.34. The Morgan fingerprint density at radius 2 is 2.38 bits per heavy atom. The van der Waals surface area contributed by atoms with Crippen LogP contribution in [0.5, 0.6) is 0 Å². The Kier molecular flexibility index (Phi) is 2.75. The van der Waals surface area contributed by atoms with Crippen LogP contribution in [0.25, 0.3) is 0 Å². The molecule has 0 aliphatic carbocycles. The number of hydrogen-bond donors (Lipinski definition) is 1. The van der Waals surface area contributed by atoms with E-state index < -0.39 is 9.84 Å². The molecule has 90 valence electrons. The summed E-state index contributed by atoms with van der Waals surface area (Å²) in [6.07, 6.45) is 3.03. The lowest BCUT2D eigenvalue weighted by Crippen LogP contribution is -2.34. The quantitative estimate of drug-likeness (QED) is 0.745. The van der Waals surface area contributed by atoms with E-state index in [0.29, 0.717) is 19.4 Å². The monoisotopic (exact) mass is 244 g/mol. The number of aryl methyl sites for hydroxylation is 1. The lowest BCUT2D eigenvalue weighted by molar-refractivity contribution is 0.341. The number of nitrogens with two attached hydrogens (primary N) is 1. The van der Waals surface area contributed by atoms with Crippen molar-refractivity contribution in [1.29, 1.82) is 0 Å². The van der Waals surface area contributed by atoms with Crippen molar-refractivity contribution < 1.29 is 8.42 Å². The first-order chi connectivity index (χ1) is 7.45. The van der Waals surface area contributed by atoms with Gasteiger partial charge in [0.15, 0.2) is 9.84 Å². The molecule has 1 atom stereocenters. The number of aromatic nitrogens is 3. The van der Waals surface area contributed by atoms with Gasteiger partial charge in [-0.25, -0.2) is 8.42 Å². The summed E-state index contributed by atoms with van der Waals surface area (Å²) in [7, 11) is -1.13. The largest absolute Gasteiger partial charge is 0.330 e. The maximum absolute atomic E-state index is 11.5. The van der Waals surface area contributed by atoms with E-state index in [2.05, 4.69) is 10.3 Å². The molecule has 0 bridgehead atoms. The molecule has 1 aliphatic rings.